The standard InChI is InChI=1S/C19H25N3O2/c1-22(2)14-6-13-20-19(23)21-17-9-11-18(12-10-17)24-15-16-7-4-3-5-8-16/h3-5,7-12H,6,13-15H2,1-2H3,(H2,20,21,23). The molecule has 2 amide bonds. The molecule has 0 unspecified atom stereocenters. The minimum atomic E-state index is -0.188. The van der Waals surface area contributed by atoms with E-state index < -0.39 is 0 Å². The van der Waals surface area contributed by atoms with Crippen molar-refractivity contribution >= 4 is 11.7 Å². The molecule has 2 rings (SSSR count). The lowest BCUT2D eigenvalue weighted by atomic mass is 10.2. The van der Waals surface area contributed by atoms with Crippen molar-refractivity contribution in [3.63, 3.8) is 0 Å². The summed E-state index contributed by atoms with van der Waals surface area (Å²) in [5.41, 5.74) is 1.86. The third-order valence-electron chi connectivity index (χ3n) is 3.43. The number of nitrogens with one attached hydrogen (secondary N) is 2. The number of rotatable bonds is 8. The number of amides is 2. The maximum absolute atomic E-state index is 11.8. The van der Waals surface area contributed by atoms with Gasteiger partial charge in [-0.05, 0) is 56.9 Å². The number of benzene rings is 2. The van der Waals surface area contributed by atoms with Gasteiger partial charge in [-0.2, -0.15) is 0 Å². The second-order valence-electron chi connectivity index (χ2n) is 5.84. The summed E-state index contributed by atoms with van der Waals surface area (Å²) in [5, 5.41) is 5.65. The average molecular weight is 327 g/mol. The van der Waals surface area contributed by atoms with Crippen LogP contribution in [-0.2, 0) is 6.61 Å². The van der Waals surface area contributed by atoms with E-state index in [1.54, 1.807) is 0 Å². The molecule has 5 heteroatoms. The highest BCUT2D eigenvalue weighted by Crippen LogP contribution is 2.17. The number of ether oxygens (including phenoxy) is 1. The van der Waals surface area contributed by atoms with E-state index in [4.69, 9.17) is 4.74 Å². The summed E-state index contributed by atoms with van der Waals surface area (Å²) < 4.78 is 5.72. The molecule has 0 radical (unpaired) electrons. The van der Waals surface area contributed by atoms with Crippen LogP contribution in [0.4, 0.5) is 10.5 Å². The zero-order valence-corrected chi connectivity index (χ0v) is 14.3. The third-order valence-corrected chi connectivity index (χ3v) is 3.43. The maximum atomic E-state index is 11.8. The van der Waals surface area contributed by atoms with Crippen molar-refractivity contribution in [3.8, 4) is 5.75 Å². The molecule has 0 saturated heterocycles. The molecular formula is C19H25N3O2. The Morgan fingerprint density at radius 3 is 2.42 bits per heavy atom. The molecule has 5 nitrogen and oxygen atoms in total. The van der Waals surface area contributed by atoms with E-state index in [1.165, 1.54) is 0 Å². The molecule has 24 heavy (non-hydrogen) atoms. The van der Waals surface area contributed by atoms with Crippen molar-refractivity contribution in [3.05, 3.63) is 60.2 Å². The highest BCUT2D eigenvalue weighted by Gasteiger charge is 2.02. The highest BCUT2D eigenvalue weighted by atomic mass is 16.5. The summed E-state index contributed by atoms with van der Waals surface area (Å²) in [4.78, 5) is 13.9. The first-order chi connectivity index (χ1) is 11.6. The fourth-order valence-electron chi connectivity index (χ4n) is 2.15. The molecule has 2 N–H and O–H groups in total. The summed E-state index contributed by atoms with van der Waals surface area (Å²) in [5.74, 6) is 0.774. The van der Waals surface area contributed by atoms with Gasteiger partial charge in [0.2, 0.25) is 0 Å². The fraction of sp³-hybridized carbons (Fsp3) is 0.316. The minimum absolute atomic E-state index is 0.188. The number of anilines is 1. The van der Waals surface area contributed by atoms with Gasteiger partial charge >= 0.3 is 6.03 Å². The molecule has 0 heterocycles. The molecule has 128 valence electrons. The number of hydrogen-bond donors (Lipinski definition) is 2. The molecule has 0 aliphatic carbocycles. The Morgan fingerprint density at radius 1 is 1.04 bits per heavy atom. The summed E-state index contributed by atoms with van der Waals surface area (Å²) in [6.45, 7) is 2.13. The van der Waals surface area contributed by atoms with Crippen LogP contribution in [0.25, 0.3) is 0 Å². The van der Waals surface area contributed by atoms with Gasteiger partial charge in [-0.15, -0.1) is 0 Å². The molecule has 0 fully saturated rings. The number of urea groups is 1. The Morgan fingerprint density at radius 2 is 1.75 bits per heavy atom. The molecule has 0 aliphatic rings. The normalized spacial score (nSPS) is 10.5. The van der Waals surface area contributed by atoms with Crippen LogP contribution < -0.4 is 15.4 Å². The largest absolute Gasteiger partial charge is 0.489 e. The monoisotopic (exact) mass is 327 g/mol. The van der Waals surface area contributed by atoms with Crippen LogP contribution in [0.3, 0.4) is 0 Å². The van der Waals surface area contributed by atoms with Gasteiger partial charge in [-0.1, -0.05) is 30.3 Å². The van der Waals surface area contributed by atoms with Crippen LogP contribution in [0.1, 0.15) is 12.0 Å². The lowest BCUT2D eigenvalue weighted by Crippen LogP contribution is -2.31. The summed E-state index contributed by atoms with van der Waals surface area (Å²) in [6, 6.07) is 17.2. The zero-order chi connectivity index (χ0) is 17.2. The number of hydrogen-bond acceptors (Lipinski definition) is 3. The van der Waals surface area contributed by atoms with E-state index in [2.05, 4.69) is 15.5 Å². The Hall–Kier alpha value is -2.53. The van der Waals surface area contributed by atoms with Crippen LogP contribution in [0, 0.1) is 0 Å². The van der Waals surface area contributed by atoms with Crippen LogP contribution in [0.5, 0.6) is 5.75 Å². The first-order valence-electron chi connectivity index (χ1n) is 8.10. The van der Waals surface area contributed by atoms with E-state index in [0.29, 0.717) is 13.2 Å². The molecule has 0 atom stereocenters. The zero-order valence-electron chi connectivity index (χ0n) is 14.3. The van der Waals surface area contributed by atoms with Gasteiger partial charge in [0.1, 0.15) is 12.4 Å². The first kappa shape index (κ1) is 17.8. The van der Waals surface area contributed by atoms with Gasteiger partial charge in [-0.25, -0.2) is 4.79 Å². The molecule has 0 spiro atoms. The minimum Gasteiger partial charge on any atom is -0.489 e. The number of carbonyl (C=O) groups is 1. The quantitative estimate of drug-likeness (QED) is 0.731. The van der Waals surface area contributed by atoms with E-state index in [0.717, 1.165) is 30.0 Å². The summed E-state index contributed by atoms with van der Waals surface area (Å²) >= 11 is 0. The number of carbonyl (C=O) groups excluding carboxylic acids is 1. The van der Waals surface area contributed by atoms with Crippen LogP contribution in [0.2, 0.25) is 0 Å². The van der Waals surface area contributed by atoms with Crippen molar-refractivity contribution in [1.29, 1.82) is 0 Å². The smallest absolute Gasteiger partial charge is 0.319 e. The van der Waals surface area contributed by atoms with Crippen LogP contribution >= 0.6 is 0 Å². The van der Waals surface area contributed by atoms with Gasteiger partial charge < -0.3 is 20.3 Å². The first-order valence-corrected chi connectivity index (χ1v) is 8.10. The molecule has 0 saturated carbocycles. The van der Waals surface area contributed by atoms with Crippen molar-refractivity contribution in [2.24, 2.45) is 0 Å². The topological polar surface area (TPSA) is 53.6 Å². The van der Waals surface area contributed by atoms with E-state index in [9.17, 15) is 4.79 Å². The summed E-state index contributed by atoms with van der Waals surface area (Å²) in [6.07, 6.45) is 0.923. The Bertz CT molecular complexity index is 612. The van der Waals surface area contributed by atoms with Crippen molar-refractivity contribution in [1.82, 2.24) is 10.2 Å². The number of nitrogens with zero attached hydrogens (tertiary/aromatic N) is 1. The van der Waals surface area contributed by atoms with E-state index in [-0.39, 0.29) is 6.03 Å². The molecule has 0 aliphatic heterocycles. The molecule has 2 aromatic carbocycles. The predicted molar refractivity (Wildman–Crippen MR) is 97.4 cm³/mol. The predicted octanol–water partition coefficient (Wildman–Crippen LogP) is 3.34. The molecule has 0 aromatic heterocycles. The van der Waals surface area contributed by atoms with Gasteiger partial charge in [-0.3, -0.25) is 0 Å². The summed E-state index contributed by atoms with van der Waals surface area (Å²) in [7, 11) is 4.03. The molecule has 0 bridgehead atoms. The lowest BCUT2D eigenvalue weighted by Gasteiger charge is -2.11. The van der Waals surface area contributed by atoms with Crippen molar-refractivity contribution in [2.75, 3.05) is 32.5 Å². The van der Waals surface area contributed by atoms with Gasteiger partial charge in [0.15, 0.2) is 0 Å². The van der Waals surface area contributed by atoms with Crippen molar-refractivity contribution in [2.45, 2.75) is 13.0 Å². The average Bonchev–Trinajstić information content (AvgIpc) is 2.59. The highest BCUT2D eigenvalue weighted by molar-refractivity contribution is 5.89. The maximum Gasteiger partial charge on any atom is 0.319 e. The van der Waals surface area contributed by atoms with Crippen LogP contribution in [-0.4, -0.2) is 38.1 Å². The Kier molecular flexibility index (Phi) is 7.11. The van der Waals surface area contributed by atoms with Gasteiger partial charge in [0, 0.05) is 12.2 Å². The van der Waals surface area contributed by atoms with Crippen LogP contribution in [0.15, 0.2) is 54.6 Å². The van der Waals surface area contributed by atoms with E-state index >= 15 is 0 Å². The SMILES string of the molecule is CN(C)CCCNC(=O)Nc1ccc(OCc2ccccc2)cc1. The fourth-order valence-corrected chi connectivity index (χ4v) is 2.15. The lowest BCUT2D eigenvalue weighted by molar-refractivity contribution is 0.251. The van der Waals surface area contributed by atoms with Gasteiger partial charge in [0.25, 0.3) is 0 Å². The Labute approximate surface area is 143 Å². The molecule has 2 aromatic rings. The van der Waals surface area contributed by atoms with Gasteiger partial charge in [0.05, 0.1) is 0 Å². The molecular weight excluding hydrogens is 302 g/mol. The third kappa shape index (κ3) is 6.71. The second-order valence-corrected chi connectivity index (χ2v) is 5.84. The Balaban J connectivity index is 1.72. The van der Waals surface area contributed by atoms with E-state index in [1.807, 2.05) is 68.7 Å². The second kappa shape index (κ2) is 9.57. The van der Waals surface area contributed by atoms with Crippen molar-refractivity contribution < 1.29 is 9.53 Å².